The van der Waals surface area contributed by atoms with Gasteiger partial charge in [-0.2, -0.15) is 5.10 Å². The summed E-state index contributed by atoms with van der Waals surface area (Å²) < 4.78 is 1.44. The minimum Gasteiger partial charge on any atom is -0.258 e. The van der Waals surface area contributed by atoms with Gasteiger partial charge in [0.1, 0.15) is 5.69 Å². The van der Waals surface area contributed by atoms with Crippen molar-refractivity contribution in [3.8, 4) is 5.69 Å². The zero-order chi connectivity index (χ0) is 11.7. The van der Waals surface area contributed by atoms with Crippen LogP contribution in [0.2, 0.25) is 5.02 Å². The molecule has 0 amide bonds. The van der Waals surface area contributed by atoms with Crippen LogP contribution in [0.25, 0.3) is 5.69 Å². The summed E-state index contributed by atoms with van der Waals surface area (Å²) >= 11 is 5.81. The van der Waals surface area contributed by atoms with Crippen molar-refractivity contribution in [3.63, 3.8) is 0 Å². The highest BCUT2D eigenvalue weighted by Crippen LogP contribution is 2.25. The van der Waals surface area contributed by atoms with Crippen LogP contribution in [-0.4, -0.2) is 14.7 Å². The van der Waals surface area contributed by atoms with Crippen molar-refractivity contribution in [3.05, 3.63) is 51.3 Å². The van der Waals surface area contributed by atoms with E-state index in [1.165, 1.54) is 22.9 Å². The molecule has 0 radical (unpaired) electrons. The SMILES string of the molecule is Cc1ccn(-c2cc(Cl)ccc2[N+](=O)[O-])n1. The van der Waals surface area contributed by atoms with Crippen LogP contribution in [-0.2, 0) is 0 Å². The monoisotopic (exact) mass is 237 g/mol. The first-order valence-electron chi connectivity index (χ1n) is 4.54. The number of hydrogen-bond acceptors (Lipinski definition) is 3. The van der Waals surface area contributed by atoms with Gasteiger partial charge in [-0.05, 0) is 25.1 Å². The van der Waals surface area contributed by atoms with E-state index in [1.54, 1.807) is 12.3 Å². The topological polar surface area (TPSA) is 61.0 Å². The number of hydrogen-bond donors (Lipinski definition) is 0. The molecule has 0 fully saturated rings. The fourth-order valence-corrected chi connectivity index (χ4v) is 1.55. The smallest absolute Gasteiger partial charge is 0.258 e. The van der Waals surface area contributed by atoms with Gasteiger partial charge < -0.3 is 0 Å². The van der Waals surface area contributed by atoms with Crippen LogP contribution in [0, 0.1) is 17.0 Å². The molecule has 0 bridgehead atoms. The van der Waals surface area contributed by atoms with Crippen molar-refractivity contribution in [2.75, 3.05) is 0 Å². The summed E-state index contributed by atoms with van der Waals surface area (Å²) in [6.45, 7) is 1.81. The molecule has 0 aliphatic heterocycles. The van der Waals surface area contributed by atoms with E-state index in [0.717, 1.165) is 5.69 Å². The molecule has 0 N–H and O–H groups in total. The zero-order valence-corrected chi connectivity index (χ0v) is 9.18. The third kappa shape index (κ3) is 1.90. The quantitative estimate of drug-likeness (QED) is 0.596. The minimum atomic E-state index is -0.456. The number of rotatable bonds is 2. The van der Waals surface area contributed by atoms with E-state index in [4.69, 9.17) is 11.6 Å². The molecule has 2 aromatic rings. The first kappa shape index (κ1) is 10.6. The molecule has 2 rings (SSSR count). The number of aromatic nitrogens is 2. The highest BCUT2D eigenvalue weighted by atomic mass is 35.5. The molecule has 1 aromatic carbocycles. The summed E-state index contributed by atoms with van der Waals surface area (Å²) in [6, 6.07) is 6.14. The van der Waals surface area contributed by atoms with E-state index in [-0.39, 0.29) is 5.69 Å². The van der Waals surface area contributed by atoms with Gasteiger partial charge in [0.2, 0.25) is 0 Å². The molecular weight excluding hydrogens is 230 g/mol. The summed E-state index contributed by atoms with van der Waals surface area (Å²) in [5.74, 6) is 0. The highest BCUT2D eigenvalue weighted by Gasteiger charge is 2.15. The zero-order valence-electron chi connectivity index (χ0n) is 8.42. The molecule has 0 aliphatic rings. The molecule has 0 saturated heterocycles. The Kier molecular flexibility index (Phi) is 2.62. The number of benzene rings is 1. The number of nitro groups is 1. The second-order valence-corrected chi connectivity index (χ2v) is 3.73. The van der Waals surface area contributed by atoms with Gasteiger partial charge in [-0.1, -0.05) is 11.6 Å². The van der Waals surface area contributed by atoms with Gasteiger partial charge in [-0.3, -0.25) is 10.1 Å². The van der Waals surface area contributed by atoms with Crippen molar-refractivity contribution in [1.29, 1.82) is 0 Å². The Labute approximate surface area is 96.4 Å². The van der Waals surface area contributed by atoms with Crippen molar-refractivity contribution >= 4 is 17.3 Å². The third-order valence-corrected chi connectivity index (χ3v) is 2.34. The first-order chi connectivity index (χ1) is 7.58. The molecule has 82 valence electrons. The van der Waals surface area contributed by atoms with Crippen LogP contribution >= 0.6 is 11.6 Å². The fraction of sp³-hybridized carbons (Fsp3) is 0.100. The minimum absolute atomic E-state index is 0.0208. The molecule has 1 heterocycles. The second-order valence-electron chi connectivity index (χ2n) is 3.29. The Morgan fingerprint density at radius 2 is 2.19 bits per heavy atom. The molecule has 0 aliphatic carbocycles. The molecule has 1 aromatic heterocycles. The van der Waals surface area contributed by atoms with Crippen molar-refractivity contribution < 1.29 is 4.92 Å². The van der Waals surface area contributed by atoms with Gasteiger partial charge in [-0.25, -0.2) is 4.68 Å². The van der Waals surface area contributed by atoms with E-state index in [2.05, 4.69) is 5.10 Å². The Morgan fingerprint density at radius 3 is 2.75 bits per heavy atom. The maximum absolute atomic E-state index is 10.8. The number of aryl methyl sites for hydroxylation is 1. The Morgan fingerprint density at radius 1 is 1.44 bits per heavy atom. The maximum Gasteiger partial charge on any atom is 0.294 e. The summed E-state index contributed by atoms with van der Waals surface area (Å²) in [5, 5.41) is 15.4. The van der Waals surface area contributed by atoms with E-state index in [9.17, 15) is 10.1 Å². The third-order valence-electron chi connectivity index (χ3n) is 2.10. The standard InChI is InChI=1S/C10H8ClN3O2/c1-7-4-5-13(12-7)10-6-8(11)2-3-9(10)14(15)16/h2-6H,1H3. The van der Waals surface area contributed by atoms with Crippen LogP contribution in [0.5, 0.6) is 0 Å². The maximum atomic E-state index is 10.8. The molecule has 0 saturated carbocycles. The highest BCUT2D eigenvalue weighted by molar-refractivity contribution is 6.30. The van der Waals surface area contributed by atoms with Crippen LogP contribution in [0.1, 0.15) is 5.69 Å². The van der Waals surface area contributed by atoms with E-state index in [1.807, 2.05) is 6.92 Å². The summed E-state index contributed by atoms with van der Waals surface area (Å²) in [4.78, 5) is 10.4. The normalized spacial score (nSPS) is 10.4. The fourth-order valence-electron chi connectivity index (χ4n) is 1.38. The molecule has 16 heavy (non-hydrogen) atoms. The summed E-state index contributed by atoms with van der Waals surface area (Å²) in [5.41, 5.74) is 1.13. The van der Waals surface area contributed by atoms with Gasteiger partial charge in [-0.15, -0.1) is 0 Å². The lowest BCUT2D eigenvalue weighted by molar-refractivity contribution is -0.384. The summed E-state index contributed by atoms with van der Waals surface area (Å²) in [7, 11) is 0. The van der Waals surface area contributed by atoms with Crippen LogP contribution < -0.4 is 0 Å². The molecule has 0 spiro atoms. The number of nitro benzene ring substituents is 1. The Bertz CT molecular complexity index is 551. The molecular formula is C10H8ClN3O2. The number of halogens is 1. The largest absolute Gasteiger partial charge is 0.294 e. The van der Waals surface area contributed by atoms with Gasteiger partial charge in [0.15, 0.2) is 0 Å². The van der Waals surface area contributed by atoms with Gasteiger partial charge in [0.25, 0.3) is 5.69 Å². The van der Waals surface area contributed by atoms with Crippen LogP contribution in [0.3, 0.4) is 0 Å². The van der Waals surface area contributed by atoms with Gasteiger partial charge in [0, 0.05) is 17.3 Å². The van der Waals surface area contributed by atoms with Gasteiger partial charge in [0.05, 0.1) is 10.6 Å². The van der Waals surface area contributed by atoms with Gasteiger partial charge >= 0.3 is 0 Å². The van der Waals surface area contributed by atoms with Crippen LogP contribution in [0.4, 0.5) is 5.69 Å². The van der Waals surface area contributed by atoms with Crippen molar-refractivity contribution in [1.82, 2.24) is 9.78 Å². The Hall–Kier alpha value is -1.88. The lowest BCUT2D eigenvalue weighted by Gasteiger charge is -2.03. The molecule has 0 unspecified atom stereocenters. The lowest BCUT2D eigenvalue weighted by Crippen LogP contribution is -2.00. The van der Waals surface area contributed by atoms with E-state index < -0.39 is 4.92 Å². The van der Waals surface area contributed by atoms with Crippen molar-refractivity contribution in [2.45, 2.75) is 6.92 Å². The summed E-state index contributed by atoms with van der Waals surface area (Å²) in [6.07, 6.45) is 1.66. The predicted octanol–water partition coefficient (Wildman–Crippen LogP) is 2.74. The second kappa shape index (κ2) is 3.94. The molecule has 6 heteroatoms. The predicted molar refractivity (Wildman–Crippen MR) is 60.0 cm³/mol. The lowest BCUT2D eigenvalue weighted by atomic mass is 10.3. The average molecular weight is 238 g/mol. The average Bonchev–Trinajstić information content (AvgIpc) is 2.64. The molecule has 0 atom stereocenters. The Balaban J connectivity index is 2.62. The van der Waals surface area contributed by atoms with E-state index in [0.29, 0.717) is 10.7 Å². The number of nitrogens with zero attached hydrogens (tertiary/aromatic N) is 3. The van der Waals surface area contributed by atoms with Crippen LogP contribution in [0.15, 0.2) is 30.5 Å². The molecule has 5 nitrogen and oxygen atoms in total. The van der Waals surface area contributed by atoms with E-state index >= 15 is 0 Å². The first-order valence-corrected chi connectivity index (χ1v) is 4.92. The van der Waals surface area contributed by atoms with Crippen molar-refractivity contribution in [2.24, 2.45) is 0 Å².